The summed E-state index contributed by atoms with van der Waals surface area (Å²) in [5, 5.41) is 12.5. The number of methoxy groups -OCH3 is 1. The first-order valence-electron chi connectivity index (χ1n) is 8.28. The fourth-order valence-corrected chi connectivity index (χ4v) is 2.36. The van der Waals surface area contributed by atoms with Gasteiger partial charge in [-0.25, -0.2) is 0 Å². The number of benzene rings is 1. The molecule has 0 bridgehead atoms. The lowest BCUT2D eigenvalue weighted by atomic mass is 10.1. The number of nitrogens with zero attached hydrogens (tertiary/aromatic N) is 1. The van der Waals surface area contributed by atoms with Crippen LogP contribution in [0.25, 0.3) is 0 Å². The standard InChI is InChI=1S/C18H24N4O3/c1-13-15(12-21-22-13)4-3-10-19-17(23)9-11-20-18(24)14-5-7-16(25-2)8-6-14/h5-8,12H,3-4,9-11H2,1-2H3,(H,19,23)(H,20,24)(H,21,22). The molecule has 0 saturated carbocycles. The highest BCUT2D eigenvalue weighted by molar-refractivity contribution is 5.94. The highest BCUT2D eigenvalue weighted by Gasteiger charge is 2.07. The van der Waals surface area contributed by atoms with E-state index in [0.29, 0.717) is 24.4 Å². The van der Waals surface area contributed by atoms with Crippen molar-refractivity contribution in [2.24, 2.45) is 0 Å². The Balaban J connectivity index is 1.59. The number of rotatable bonds is 9. The van der Waals surface area contributed by atoms with Crippen LogP contribution in [0.2, 0.25) is 0 Å². The van der Waals surface area contributed by atoms with Gasteiger partial charge in [0, 0.05) is 30.8 Å². The predicted octanol–water partition coefficient (Wildman–Crippen LogP) is 1.60. The average Bonchev–Trinajstić information content (AvgIpc) is 3.03. The van der Waals surface area contributed by atoms with Gasteiger partial charge in [-0.15, -0.1) is 0 Å². The second kappa shape index (κ2) is 9.46. The third-order valence-corrected chi connectivity index (χ3v) is 3.87. The zero-order valence-electron chi connectivity index (χ0n) is 14.6. The molecule has 1 aromatic carbocycles. The minimum absolute atomic E-state index is 0.0704. The van der Waals surface area contributed by atoms with Crippen LogP contribution in [0.4, 0.5) is 0 Å². The van der Waals surface area contributed by atoms with Crippen LogP contribution in [0.1, 0.15) is 34.5 Å². The van der Waals surface area contributed by atoms with Crippen LogP contribution < -0.4 is 15.4 Å². The van der Waals surface area contributed by atoms with Gasteiger partial charge in [0.05, 0.1) is 13.3 Å². The van der Waals surface area contributed by atoms with Crippen LogP contribution in [0.5, 0.6) is 5.75 Å². The van der Waals surface area contributed by atoms with E-state index in [2.05, 4.69) is 20.8 Å². The van der Waals surface area contributed by atoms with E-state index in [0.717, 1.165) is 18.5 Å². The highest BCUT2D eigenvalue weighted by Crippen LogP contribution is 2.11. The van der Waals surface area contributed by atoms with Crippen molar-refractivity contribution in [1.82, 2.24) is 20.8 Å². The molecule has 3 N–H and O–H groups in total. The fourth-order valence-electron chi connectivity index (χ4n) is 2.36. The molecule has 2 rings (SSSR count). The molecule has 0 unspecified atom stereocenters. The lowest BCUT2D eigenvalue weighted by Crippen LogP contribution is -2.31. The number of H-pyrrole nitrogens is 1. The molecular formula is C18H24N4O3. The summed E-state index contributed by atoms with van der Waals surface area (Å²) in [5.74, 6) is 0.423. The van der Waals surface area contributed by atoms with E-state index < -0.39 is 0 Å². The number of aromatic nitrogens is 2. The molecule has 0 aliphatic heterocycles. The topological polar surface area (TPSA) is 96.1 Å². The third kappa shape index (κ3) is 5.95. The molecule has 2 amide bonds. The van der Waals surface area contributed by atoms with Crippen LogP contribution in [-0.4, -0.2) is 42.2 Å². The molecule has 0 fully saturated rings. The Kier molecular flexibility index (Phi) is 7.00. The van der Waals surface area contributed by atoms with Crippen molar-refractivity contribution in [3.8, 4) is 5.75 Å². The van der Waals surface area contributed by atoms with Gasteiger partial charge in [0.15, 0.2) is 0 Å². The van der Waals surface area contributed by atoms with E-state index in [1.54, 1.807) is 31.4 Å². The largest absolute Gasteiger partial charge is 0.497 e. The summed E-state index contributed by atoms with van der Waals surface area (Å²) in [6, 6.07) is 6.82. The number of aromatic amines is 1. The normalized spacial score (nSPS) is 10.3. The maximum absolute atomic E-state index is 12.0. The number of hydrogen-bond acceptors (Lipinski definition) is 4. The molecule has 1 aromatic heterocycles. The molecule has 0 spiro atoms. The van der Waals surface area contributed by atoms with Crippen LogP contribution in [0.15, 0.2) is 30.5 Å². The van der Waals surface area contributed by atoms with Gasteiger partial charge in [-0.3, -0.25) is 14.7 Å². The van der Waals surface area contributed by atoms with E-state index in [4.69, 9.17) is 4.74 Å². The van der Waals surface area contributed by atoms with Crippen LogP contribution in [0, 0.1) is 6.92 Å². The molecule has 1 heterocycles. The van der Waals surface area contributed by atoms with Gasteiger partial charge in [0.2, 0.25) is 5.91 Å². The van der Waals surface area contributed by atoms with Gasteiger partial charge in [-0.05, 0) is 49.6 Å². The second-order valence-corrected chi connectivity index (χ2v) is 5.71. The summed E-state index contributed by atoms with van der Waals surface area (Å²) in [7, 11) is 1.57. The van der Waals surface area contributed by atoms with Crippen LogP contribution >= 0.6 is 0 Å². The van der Waals surface area contributed by atoms with Gasteiger partial charge < -0.3 is 15.4 Å². The Bertz CT molecular complexity index is 695. The van der Waals surface area contributed by atoms with E-state index in [1.165, 1.54) is 5.56 Å². The lowest BCUT2D eigenvalue weighted by Gasteiger charge is -2.07. The molecular weight excluding hydrogens is 320 g/mol. The van der Waals surface area contributed by atoms with E-state index in [-0.39, 0.29) is 18.2 Å². The Hall–Kier alpha value is -2.83. The van der Waals surface area contributed by atoms with Crippen molar-refractivity contribution in [3.63, 3.8) is 0 Å². The Labute approximate surface area is 147 Å². The first kappa shape index (κ1) is 18.5. The minimum atomic E-state index is -0.203. The number of aryl methyl sites for hydroxylation is 2. The summed E-state index contributed by atoms with van der Waals surface area (Å²) >= 11 is 0. The molecule has 7 heteroatoms. The maximum Gasteiger partial charge on any atom is 0.251 e. The van der Waals surface area contributed by atoms with Crippen molar-refractivity contribution in [2.45, 2.75) is 26.2 Å². The lowest BCUT2D eigenvalue weighted by molar-refractivity contribution is -0.120. The molecule has 0 aliphatic carbocycles. The average molecular weight is 344 g/mol. The van der Waals surface area contributed by atoms with Gasteiger partial charge in [0.25, 0.3) is 5.91 Å². The third-order valence-electron chi connectivity index (χ3n) is 3.87. The molecule has 25 heavy (non-hydrogen) atoms. The van der Waals surface area contributed by atoms with Gasteiger partial charge in [-0.2, -0.15) is 5.10 Å². The van der Waals surface area contributed by atoms with Crippen molar-refractivity contribution >= 4 is 11.8 Å². The molecule has 0 atom stereocenters. The van der Waals surface area contributed by atoms with Gasteiger partial charge in [0.1, 0.15) is 5.75 Å². The molecule has 0 aliphatic rings. The zero-order chi connectivity index (χ0) is 18.1. The number of carbonyl (C=O) groups is 2. The first-order valence-corrected chi connectivity index (χ1v) is 8.28. The van der Waals surface area contributed by atoms with E-state index >= 15 is 0 Å². The molecule has 134 valence electrons. The smallest absolute Gasteiger partial charge is 0.251 e. The summed E-state index contributed by atoms with van der Waals surface area (Å²) in [6.07, 6.45) is 3.79. The van der Waals surface area contributed by atoms with Crippen molar-refractivity contribution in [1.29, 1.82) is 0 Å². The number of nitrogens with one attached hydrogen (secondary N) is 3. The summed E-state index contributed by atoms with van der Waals surface area (Å²) < 4.78 is 5.05. The molecule has 7 nitrogen and oxygen atoms in total. The quantitative estimate of drug-likeness (QED) is 0.602. The monoisotopic (exact) mass is 344 g/mol. The van der Waals surface area contributed by atoms with Gasteiger partial charge in [-0.1, -0.05) is 0 Å². The highest BCUT2D eigenvalue weighted by atomic mass is 16.5. The van der Waals surface area contributed by atoms with Crippen molar-refractivity contribution in [3.05, 3.63) is 47.3 Å². The molecule has 0 radical (unpaired) electrons. The first-order chi connectivity index (χ1) is 12.1. The Morgan fingerprint density at radius 1 is 1.16 bits per heavy atom. The zero-order valence-corrected chi connectivity index (χ0v) is 14.6. The Morgan fingerprint density at radius 3 is 2.56 bits per heavy atom. The SMILES string of the molecule is COc1ccc(C(=O)NCCC(=O)NCCCc2cn[nH]c2C)cc1. The van der Waals surface area contributed by atoms with E-state index in [9.17, 15) is 9.59 Å². The van der Waals surface area contributed by atoms with Crippen molar-refractivity contribution in [2.75, 3.05) is 20.2 Å². The number of hydrogen-bond donors (Lipinski definition) is 3. The summed E-state index contributed by atoms with van der Waals surface area (Å²) in [6.45, 7) is 2.89. The second-order valence-electron chi connectivity index (χ2n) is 5.71. The minimum Gasteiger partial charge on any atom is -0.497 e. The molecule has 0 saturated heterocycles. The number of amides is 2. The van der Waals surface area contributed by atoms with Crippen LogP contribution in [-0.2, 0) is 11.2 Å². The Morgan fingerprint density at radius 2 is 1.92 bits per heavy atom. The number of ether oxygens (including phenoxy) is 1. The molecule has 2 aromatic rings. The fraction of sp³-hybridized carbons (Fsp3) is 0.389. The van der Waals surface area contributed by atoms with Crippen molar-refractivity contribution < 1.29 is 14.3 Å². The summed E-state index contributed by atoms with van der Waals surface area (Å²) in [4.78, 5) is 23.7. The summed E-state index contributed by atoms with van der Waals surface area (Å²) in [5.41, 5.74) is 2.77. The maximum atomic E-state index is 12.0. The van der Waals surface area contributed by atoms with Gasteiger partial charge >= 0.3 is 0 Å². The number of carbonyl (C=O) groups excluding carboxylic acids is 2. The van der Waals surface area contributed by atoms with E-state index in [1.807, 2.05) is 13.1 Å². The van der Waals surface area contributed by atoms with Crippen LogP contribution in [0.3, 0.4) is 0 Å². The predicted molar refractivity (Wildman–Crippen MR) is 94.6 cm³/mol.